The molecule has 0 bridgehead atoms. The third-order valence-electron chi connectivity index (χ3n) is 12.6. The van der Waals surface area contributed by atoms with Gasteiger partial charge in [0.25, 0.3) is 0 Å². The predicted octanol–water partition coefficient (Wildman–Crippen LogP) is 9.37. The van der Waals surface area contributed by atoms with Gasteiger partial charge >= 0.3 is 7.82 Å². The minimum Gasteiger partial charge on any atom is -0.393 e. The van der Waals surface area contributed by atoms with E-state index in [2.05, 4.69) is 19.2 Å². The summed E-state index contributed by atoms with van der Waals surface area (Å²) in [6.45, 7) is 3.75. The summed E-state index contributed by atoms with van der Waals surface area (Å²) in [6.07, 6.45) is 28.8. The maximum Gasteiger partial charge on any atom is 0.472 e. The summed E-state index contributed by atoms with van der Waals surface area (Å²) in [5.41, 5.74) is 0. The molecular formula is C49H96NO12P. The molecule has 63 heavy (non-hydrogen) atoms. The molecule has 1 fully saturated rings. The van der Waals surface area contributed by atoms with Crippen LogP contribution >= 0.6 is 7.82 Å². The number of phosphoric ester groups is 1. The van der Waals surface area contributed by atoms with Crippen LogP contribution in [0.1, 0.15) is 232 Å². The van der Waals surface area contributed by atoms with Gasteiger partial charge in [-0.2, -0.15) is 0 Å². The average molecular weight is 922 g/mol. The minimum absolute atomic E-state index is 0.240. The Hall–Kier alpha value is -0.960. The summed E-state index contributed by atoms with van der Waals surface area (Å²) in [7, 11) is -5.14. The molecule has 14 heteroatoms. The van der Waals surface area contributed by atoms with Crippen molar-refractivity contribution >= 4 is 13.7 Å². The van der Waals surface area contributed by atoms with Crippen molar-refractivity contribution in [1.82, 2.24) is 5.32 Å². The van der Waals surface area contributed by atoms with E-state index in [1.54, 1.807) is 6.08 Å². The van der Waals surface area contributed by atoms with Crippen molar-refractivity contribution in [3.8, 4) is 0 Å². The van der Waals surface area contributed by atoms with Crippen molar-refractivity contribution in [2.75, 3.05) is 6.61 Å². The van der Waals surface area contributed by atoms with E-state index in [4.69, 9.17) is 9.05 Å². The molecule has 8 atom stereocenters. The summed E-state index contributed by atoms with van der Waals surface area (Å²) >= 11 is 0. The molecule has 0 saturated heterocycles. The number of hydrogen-bond acceptors (Lipinski definition) is 11. The number of carbonyl (C=O) groups is 1. The van der Waals surface area contributed by atoms with Crippen molar-refractivity contribution in [2.24, 2.45) is 0 Å². The van der Waals surface area contributed by atoms with Gasteiger partial charge in [0.15, 0.2) is 0 Å². The first-order valence-electron chi connectivity index (χ1n) is 25.7. The Morgan fingerprint density at radius 1 is 0.556 bits per heavy atom. The van der Waals surface area contributed by atoms with Gasteiger partial charge in [-0.15, -0.1) is 0 Å². The molecule has 1 aliphatic rings. The number of phosphoric acid groups is 1. The average Bonchev–Trinajstić information content (AvgIpc) is 3.26. The number of aliphatic hydroxyl groups excluding tert-OH is 7. The first-order chi connectivity index (χ1) is 30.3. The molecule has 0 radical (unpaired) electrons. The predicted molar refractivity (Wildman–Crippen MR) is 252 cm³/mol. The molecule has 9 N–H and O–H groups in total. The van der Waals surface area contributed by atoms with Crippen LogP contribution in [0.4, 0.5) is 0 Å². The smallest absolute Gasteiger partial charge is 0.393 e. The monoisotopic (exact) mass is 922 g/mol. The highest BCUT2D eigenvalue weighted by molar-refractivity contribution is 7.47. The van der Waals surface area contributed by atoms with Gasteiger partial charge in [-0.25, -0.2) is 4.57 Å². The molecule has 13 nitrogen and oxygen atoms in total. The second-order valence-electron chi connectivity index (χ2n) is 18.6. The fourth-order valence-electron chi connectivity index (χ4n) is 8.42. The molecule has 0 aromatic heterocycles. The number of carbonyl (C=O) groups excluding carboxylic acids is 1. The van der Waals surface area contributed by atoms with Gasteiger partial charge in [-0.3, -0.25) is 13.8 Å². The van der Waals surface area contributed by atoms with Gasteiger partial charge in [0.05, 0.1) is 31.3 Å². The number of aliphatic hydroxyl groups is 7. The zero-order valence-corrected chi connectivity index (χ0v) is 40.7. The summed E-state index contributed by atoms with van der Waals surface area (Å²) in [6, 6.07) is -1.23. The Balaban J connectivity index is 2.41. The number of rotatable bonds is 43. The van der Waals surface area contributed by atoms with Gasteiger partial charge in [0.1, 0.15) is 36.6 Å². The van der Waals surface area contributed by atoms with Crippen molar-refractivity contribution in [1.29, 1.82) is 0 Å². The van der Waals surface area contributed by atoms with Crippen LogP contribution in [-0.2, 0) is 18.4 Å². The van der Waals surface area contributed by atoms with Crippen LogP contribution in [0.5, 0.6) is 0 Å². The summed E-state index contributed by atoms with van der Waals surface area (Å²) in [5.74, 6) is -0.589. The fraction of sp³-hybridized carbons (Fsp3) is 0.939. The normalized spacial score (nSPS) is 22.9. The van der Waals surface area contributed by atoms with Crippen LogP contribution in [0.3, 0.4) is 0 Å². The molecule has 0 heterocycles. The van der Waals surface area contributed by atoms with Crippen LogP contribution in [0.25, 0.3) is 0 Å². The maximum atomic E-state index is 13.0. The van der Waals surface area contributed by atoms with E-state index in [0.29, 0.717) is 12.8 Å². The topological polar surface area (TPSA) is 226 Å². The standard InChI is InChI=1S/C49H96NO12P/c1-3-5-7-9-11-13-15-17-18-19-20-21-22-23-24-25-26-28-30-32-34-36-40(51)38-43(53)50-41(42(52)37-35-33-31-29-27-16-14-12-10-8-6-4-2)39-61-63(59,60)62-49-47(57)45(55)44(54)46(56)48(49)58/h35,37,40-42,44-49,51-52,54-58H,3-34,36,38-39H2,1-2H3,(H,50,53)(H,59,60)/b37-35+. The quantitative estimate of drug-likeness (QED) is 0.0158. The first-order valence-corrected chi connectivity index (χ1v) is 27.2. The lowest BCUT2D eigenvalue weighted by Gasteiger charge is -2.41. The largest absolute Gasteiger partial charge is 0.472 e. The maximum absolute atomic E-state index is 13.0. The highest BCUT2D eigenvalue weighted by Gasteiger charge is 2.51. The molecule has 1 saturated carbocycles. The van der Waals surface area contributed by atoms with E-state index in [0.717, 1.165) is 44.9 Å². The van der Waals surface area contributed by atoms with E-state index in [-0.39, 0.29) is 6.42 Å². The summed E-state index contributed by atoms with van der Waals surface area (Å²) in [4.78, 5) is 23.5. The lowest BCUT2D eigenvalue weighted by Crippen LogP contribution is -2.64. The number of allylic oxidation sites excluding steroid dienone is 1. The third-order valence-corrected chi connectivity index (χ3v) is 13.6. The Morgan fingerprint density at radius 2 is 0.905 bits per heavy atom. The highest BCUT2D eigenvalue weighted by Crippen LogP contribution is 2.47. The lowest BCUT2D eigenvalue weighted by atomic mass is 9.85. The van der Waals surface area contributed by atoms with Crippen LogP contribution < -0.4 is 5.32 Å². The molecule has 1 aliphatic carbocycles. The van der Waals surface area contributed by atoms with Crippen molar-refractivity contribution in [2.45, 2.75) is 287 Å². The van der Waals surface area contributed by atoms with Gasteiger partial charge in [0, 0.05) is 0 Å². The van der Waals surface area contributed by atoms with E-state index in [9.17, 15) is 50.0 Å². The van der Waals surface area contributed by atoms with Crippen molar-refractivity contribution in [3.63, 3.8) is 0 Å². The molecule has 374 valence electrons. The fourth-order valence-corrected chi connectivity index (χ4v) is 9.39. The Labute approximate surface area is 382 Å². The number of hydrogen-bond donors (Lipinski definition) is 9. The molecule has 0 aromatic rings. The van der Waals surface area contributed by atoms with Crippen LogP contribution in [-0.4, -0.2) is 108 Å². The number of amides is 1. The summed E-state index contributed by atoms with van der Waals surface area (Å²) in [5, 5.41) is 74.5. The zero-order valence-electron chi connectivity index (χ0n) is 39.8. The highest BCUT2D eigenvalue weighted by atomic mass is 31.2. The second kappa shape index (κ2) is 39.1. The lowest BCUT2D eigenvalue weighted by molar-refractivity contribution is -0.220. The number of unbranched alkanes of at least 4 members (excludes halogenated alkanes) is 30. The molecule has 0 aromatic carbocycles. The molecule has 1 rings (SSSR count). The minimum atomic E-state index is -5.14. The van der Waals surface area contributed by atoms with Gasteiger partial charge in [0.2, 0.25) is 5.91 Å². The molecule has 0 aliphatic heterocycles. The molecule has 1 amide bonds. The van der Waals surface area contributed by atoms with Gasteiger partial charge < -0.3 is 46.0 Å². The van der Waals surface area contributed by atoms with Crippen LogP contribution in [0, 0.1) is 0 Å². The molecule has 8 unspecified atom stereocenters. The zero-order chi connectivity index (χ0) is 46.6. The molecule has 0 spiro atoms. The van der Waals surface area contributed by atoms with Crippen molar-refractivity contribution < 1.29 is 59.0 Å². The van der Waals surface area contributed by atoms with E-state index in [1.807, 2.05) is 0 Å². The third kappa shape index (κ3) is 30.9. The Bertz CT molecular complexity index is 1130. The Kier molecular flexibility index (Phi) is 37.3. The summed E-state index contributed by atoms with van der Waals surface area (Å²) < 4.78 is 22.9. The van der Waals surface area contributed by atoms with Gasteiger partial charge in [-0.05, 0) is 19.3 Å². The van der Waals surface area contributed by atoms with E-state index < -0.39 is 75.2 Å². The van der Waals surface area contributed by atoms with Crippen LogP contribution in [0.2, 0.25) is 0 Å². The SMILES string of the molecule is CCCCCCCCCCCC/C=C/C(O)C(COP(=O)(O)OC1C(O)C(O)C(O)C(O)C1O)NC(=O)CC(O)CCCCCCCCCCCCCCCCCCCCCCC. The van der Waals surface area contributed by atoms with E-state index in [1.165, 1.54) is 160 Å². The number of nitrogens with one attached hydrogen (secondary N) is 1. The molecular weight excluding hydrogens is 826 g/mol. The van der Waals surface area contributed by atoms with Crippen LogP contribution in [0.15, 0.2) is 12.2 Å². The van der Waals surface area contributed by atoms with Crippen molar-refractivity contribution in [3.05, 3.63) is 12.2 Å². The van der Waals surface area contributed by atoms with E-state index >= 15 is 0 Å². The second-order valence-corrected chi connectivity index (χ2v) is 20.0. The Morgan fingerprint density at radius 3 is 1.30 bits per heavy atom. The van der Waals surface area contributed by atoms with Gasteiger partial charge in [-0.1, -0.05) is 219 Å². The first kappa shape index (κ1) is 60.1.